The van der Waals surface area contributed by atoms with Gasteiger partial charge < -0.3 is 10.1 Å². The number of nitrogens with one attached hydrogen (secondary N) is 1. The summed E-state index contributed by atoms with van der Waals surface area (Å²) in [4.78, 5) is 27.3. The molecule has 0 aliphatic rings. The van der Waals surface area contributed by atoms with Gasteiger partial charge in [0.1, 0.15) is 12.3 Å². The van der Waals surface area contributed by atoms with Crippen LogP contribution in [0.25, 0.3) is 0 Å². The molecule has 0 saturated heterocycles. The number of hydrogen-bond acceptors (Lipinski definition) is 4. The van der Waals surface area contributed by atoms with E-state index >= 15 is 0 Å². The van der Waals surface area contributed by atoms with Crippen molar-refractivity contribution in [2.45, 2.75) is 39.8 Å². The molecular weight excluding hydrogens is 318 g/mol. The summed E-state index contributed by atoms with van der Waals surface area (Å²) < 4.78 is 6.96. The maximum absolute atomic E-state index is 12.1. The zero-order valence-corrected chi connectivity index (χ0v) is 14.9. The molecule has 1 heterocycles. The maximum atomic E-state index is 12.1. The summed E-state index contributed by atoms with van der Waals surface area (Å²) in [6.45, 7) is 6.88. The minimum atomic E-state index is -0.437. The lowest BCUT2D eigenvalue weighted by atomic mass is 10.1. The highest BCUT2D eigenvalue weighted by atomic mass is 16.5. The predicted octanol–water partition coefficient (Wildman–Crippen LogP) is 2.55. The van der Waals surface area contributed by atoms with Gasteiger partial charge in [-0.05, 0) is 43.0 Å². The topological polar surface area (TPSA) is 73.2 Å². The Hall–Kier alpha value is -2.63. The molecule has 0 aliphatic carbocycles. The van der Waals surface area contributed by atoms with E-state index in [1.807, 2.05) is 31.2 Å². The molecular formula is C19H25N3O3. The normalized spacial score (nSPS) is 12.0. The molecule has 1 aromatic heterocycles. The standard InChI is InChI=1S/C19H25N3O3/c1-14(2)9-12-25-17-7-5-16(6-8-17)15(3)21-18(23)13-22-11-4-10-20-19(22)24/h4-8,10-11,14-15H,9,12-13H2,1-3H3,(H,21,23)/t15-/m1/s1. The molecule has 1 atom stereocenters. The van der Waals surface area contributed by atoms with Gasteiger partial charge in [0, 0.05) is 12.4 Å². The van der Waals surface area contributed by atoms with Crippen molar-refractivity contribution in [2.75, 3.05) is 6.61 Å². The molecule has 0 fully saturated rings. The van der Waals surface area contributed by atoms with Crippen LogP contribution >= 0.6 is 0 Å². The number of benzene rings is 1. The third-order valence-electron chi connectivity index (χ3n) is 3.82. The Morgan fingerprint density at radius 3 is 2.60 bits per heavy atom. The second kappa shape index (κ2) is 9.01. The van der Waals surface area contributed by atoms with Crippen molar-refractivity contribution in [3.05, 3.63) is 58.8 Å². The third-order valence-corrected chi connectivity index (χ3v) is 3.82. The molecule has 2 rings (SSSR count). The van der Waals surface area contributed by atoms with Crippen molar-refractivity contribution in [3.63, 3.8) is 0 Å². The average Bonchev–Trinajstić information content (AvgIpc) is 2.57. The summed E-state index contributed by atoms with van der Waals surface area (Å²) in [5.41, 5.74) is 0.538. The first-order valence-electron chi connectivity index (χ1n) is 8.49. The number of carbonyl (C=O) groups is 1. The van der Waals surface area contributed by atoms with Crippen LogP contribution in [0, 0.1) is 5.92 Å². The predicted molar refractivity (Wildman–Crippen MR) is 96.4 cm³/mol. The van der Waals surface area contributed by atoms with Gasteiger partial charge in [0.15, 0.2) is 0 Å². The number of carbonyl (C=O) groups excluding carboxylic acids is 1. The summed E-state index contributed by atoms with van der Waals surface area (Å²) in [6, 6.07) is 9.14. The lowest BCUT2D eigenvalue weighted by Crippen LogP contribution is -2.34. The summed E-state index contributed by atoms with van der Waals surface area (Å²) in [5.74, 6) is 1.20. The van der Waals surface area contributed by atoms with E-state index in [-0.39, 0.29) is 18.5 Å². The monoisotopic (exact) mass is 343 g/mol. The summed E-state index contributed by atoms with van der Waals surface area (Å²) in [7, 11) is 0. The molecule has 0 bridgehead atoms. The average molecular weight is 343 g/mol. The van der Waals surface area contributed by atoms with Gasteiger partial charge >= 0.3 is 5.69 Å². The third kappa shape index (κ3) is 6.06. The summed E-state index contributed by atoms with van der Waals surface area (Å²) >= 11 is 0. The van der Waals surface area contributed by atoms with Crippen LogP contribution in [0.4, 0.5) is 0 Å². The van der Waals surface area contributed by atoms with Gasteiger partial charge in [0.25, 0.3) is 0 Å². The summed E-state index contributed by atoms with van der Waals surface area (Å²) in [6.07, 6.45) is 3.97. The largest absolute Gasteiger partial charge is 0.494 e. The smallest absolute Gasteiger partial charge is 0.347 e. The minimum absolute atomic E-state index is 0.0482. The zero-order chi connectivity index (χ0) is 18.2. The molecule has 0 spiro atoms. The van der Waals surface area contributed by atoms with E-state index in [2.05, 4.69) is 24.1 Å². The van der Waals surface area contributed by atoms with Crippen LogP contribution in [0.2, 0.25) is 0 Å². The Morgan fingerprint density at radius 1 is 1.24 bits per heavy atom. The van der Waals surface area contributed by atoms with Crippen molar-refractivity contribution < 1.29 is 9.53 Å². The molecule has 0 radical (unpaired) electrons. The van der Waals surface area contributed by atoms with E-state index in [1.165, 1.54) is 10.8 Å². The van der Waals surface area contributed by atoms with Crippen molar-refractivity contribution in [1.82, 2.24) is 14.9 Å². The first-order chi connectivity index (χ1) is 12.0. The van der Waals surface area contributed by atoms with Crippen LogP contribution in [-0.4, -0.2) is 22.1 Å². The Morgan fingerprint density at radius 2 is 1.96 bits per heavy atom. The van der Waals surface area contributed by atoms with Crippen molar-refractivity contribution >= 4 is 5.91 Å². The molecule has 0 aliphatic heterocycles. The molecule has 2 aromatic rings. The molecule has 1 N–H and O–H groups in total. The summed E-state index contributed by atoms with van der Waals surface area (Å²) in [5, 5.41) is 2.88. The second-order valence-corrected chi connectivity index (χ2v) is 6.42. The van der Waals surface area contributed by atoms with E-state index < -0.39 is 5.69 Å². The lowest BCUT2D eigenvalue weighted by molar-refractivity contribution is -0.122. The molecule has 6 heteroatoms. The number of rotatable bonds is 8. The van der Waals surface area contributed by atoms with E-state index in [4.69, 9.17) is 4.74 Å². The van der Waals surface area contributed by atoms with E-state index in [0.29, 0.717) is 12.5 Å². The minimum Gasteiger partial charge on any atom is -0.494 e. The Bertz CT molecular complexity index is 738. The van der Waals surface area contributed by atoms with Gasteiger partial charge in [0.2, 0.25) is 5.91 Å². The molecule has 134 valence electrons. The Balaban J connectivity index is 1.87. The van der Waals surface area contributed by atoms with Gasteiger partial charge in [0.05, 0.1) is 12.6 Å². The quantitative estimate of drug-likeness (QED) is 0.799. The molecule has 25 heavy (non-hydrogen) atoms. The Kier molecular flexibility index (Phi) is 6.74. The SMILES string of the molecule is CC(C)CCOc1ccc([C@@H](C)NC(=O)Cn2cccnc2=O)cc1. The van der Waals surface area contributed by atoms with E-state index in [0.717, 1.165) is 17.7 Å². The Labute approximate surface area is 147 Å². The fraction of sp³-hybridized carbons (Fsp3) is 0.421. The highest BCUT2D eigenvalue weighted by molar-refractivity contribution is 5.76. The zero-order valence-electron chi connectivity index (χ0n) is 14.9. The van der Waals surface area contributed by atoms with Gasteiger partial charge in [-0.1, -0.05) is 26.0 Å². The number of nitrogens with zero attached hydrogens (tertiary/aromatic N) is 2. The fourth-order valence-corrected chi connectivity index (χ4v) is 2.30. The van der Waals surface area contributed by atoms with Crippen molar-refractivity contribution in [3.8, 4) is 5.75 Å². The lowest BCUT2D eigenvalue weighted by Gasteiger charge is -2.15. The molecule has 1 aromatic carbocycles. The molecule has 1 amide bonds. The van der Waals surface area contributed by atoms with Crippen LogP contribution < -0.4 is 15.7 Å². The van der Waals surface area contributed by atoms with Gasteiger partial charge in [-0.3, -0.25) is 9.36 Å². The van der Waals surface area contributed by atoms with Gasteiger partial charge in [-0.15, -0.1) is 0 Å². The van der Waals surface area contributed by atoms with E-state index in [9.17, 15) is 9.59 Å². The molecule has 0 saturated carbocycles. The van der Waals surface area contributed by atoms with Gasteiger partial charge in [-0.25, -0.2) is 9.78 Å². The second-order valence-electron chi connectivity index (χ2n) is 6.42. The van der Waals surface area contributed by atoms with Crippen LogP contribution in [0.1, 0.15) is 38.8 Å². The number of aromatic nitrogens is 2. The molecule has 0 unspecified atom stereocenters. The van der Waals surface area contributed by atoms with Crippen LogP contribution in [0.15, 0.2) is 47.5 Å². The highest BCUT2D eigenvalue weighted by Crippen LogP contribution is 2.18. The number of hydrogen-bond donors (Lipinski definition) is 1. The van der Waals surface area contributed by atoms with Crippen LogP contribution in [-0.2, 0) is 11.3 Å². The van der Waals surface area contributed by atoms with E-state index in [1.54, 1.807) is 12.3 Å². The van der Waals surface area contributed by atoms with Gasteiger partial charge in [-0.2, -0.15) is 0 Å². The first-order valence-corrected chi connectivity index (χ1v) is 8.49. The number of ether oxygens (including phenoxy) is 1. The van der Waals surface area contributed by atoms with Crippen LogP contribution in [0.3, 0.4) is 0 Å². The van der Waals surface area contributed by atoms with Crippen molar-refractivity contribution in [1.29, 1.82) is 0 Å². The molecule has 6 nitrogen and oxygen atoms in total. The van der Waals surface area contributed by atoms with Crippen molar-refractivity contribution in [2.24, 2.45) is 5.92 Å². The first kappa shape index (κ1) is 18.7. The van der Waals surface area contributed by atoms with Crippen LogP contribution in [0.5, 0.6) is 5.75 Å². The number of amides is 1. The maximum Gasteiger partial charge on any atom is 0.347 e. The fourth-order valence-electron chi connectivity index (χ4n) is 2.30. The highest BCUT2D eigenvalue weighted by Gasteiger charge is 2.11.